The average Bonchev–Trinajstić information content (AvgIpc) is 3.08. The Labute approximate surface area is 130 Å². The van der Waals surface area contributed by atoms with Crippen molar-refractivity contribution in [1.29, 1.82) is 0 Å². The number of likely N-dealkylation sites (N-methyl/N-ethyl adjacent to an activating group) is 1. The molecule has 8 heteroatoms. The summed E-state index contributed by atoms with van der Waals surface area (Å²) in [6.45, 7) is 4.20. The van der Waals surface area contributed by atoms with Gasteiger partial charge in [-0.1, -0.05) is 29.1 Å². The minimum Gasteiger partial charge on any atom is -0.350 e. The summed E-state index contributed by atoms with van der Waals surface area (Å²) < 4.78 is 4.38. The van der Waals surface area contributed by atoms with Crippen molar-refractivity contribution in [3.05, 3.63) is 32.4 Å². The molecule has 0 saturated heterocycles. The van der Waals surface area contributed by atoms with E-state index in [1.165, 1.54) is 0 Å². The van der Waals surface area contributed by atoms with Gasteiger partial charge in [-0.2, -0.15) is 0 Å². The van der Waals surface area contributed by atoms with Crippen LogP contribution >= 0.6 is 34.5 Å². The molecule has 108 valence electrons. The molecule has 5 nitrogen and oxygen atoms in total. The summed E-state index contributed by atoms with van der Waals surface area (Å²) in [5, 5.41) is 8.87. The number of nitrogens with zero attached hydrogens (tertiary/aromatic N) is 3. The van der Waals surface area contributed by atoms with E-state index in [-0.39, 0.29) is 5.91 Å². The summed E-state index contributed by atoms with van der Waals surface area (Å²) in [5.74, 6) is -0.000406. The molecule has 2 aromatic rings. The summed E-state index contributed by atoms with van der Waals surface area (Å²) in [7, 11) is 0. The van der Waals surface area contributed by atoms with Crippen molar-refractivity contribution in [2.45, 2.75) is 20.0 Å². The number of halogens is 1. The Morgan fingerprint density at radius 1 is 1.55 bits per heavy atom. The van der Waals surface area contributed by atoms with Crippen LogP contribution in [0.25, 0.3) is 0 Å². The number of hydrogen-bond donors (Lipinski definition) is 1. The first kappa shape index (κ1) is 15.4. The summed E-state index contributed by atoms with van der Waals surface area (Å²) in [4.78, 5) is 15.0. The molecule has 0 atom stereocenters. The van der Waals surface area contributed by atoms with E-state index in [4.69, 9.17) is 11.6 Å². The smallest absolute Gasteiger partial charge is 0.234 e. The Balaban J connectivity index is 1.80. The first-order valence-electron chi connectivity index (χ1n) is 6.17. The number of carbonyl (C=O) groups excluding carboxylic acids is 1. The molecule has 0 saturated carbocycles. The lowest BCUT2D eigenvalue weighted by molar-refractivity contribution is -0.122. The van der Waals surface area contributed by atoms with Crippen molar-refractivity contribution < 1.29 is 4.79 Å². The van der Waals surface area contributed by atoms with Crippen LogP contribution in [0.15, 0.2) is 17.5 Å². The van der Waals surface area contributed by atoms with Crippen molar-refractivity contribution in [1.82, 2.24) is 19.8 Å². The lowest BCUT2D eigenvalue weighted by Crippen LogP contribution is -2.36. The van der Waals surface area contributed by atoms with Crippen LogP contribution in [0.2, 0.25) is 4.34 Å². The van der Waals surface area contributed by atoms with E-state index in [0.717, 1.165) is 28.6 Å². The largest absolute Gasteiger partial charge is 0.350 e. The Morgan fingerprint density at radius 2 is 2.40 bits per heavy atom. The van der Waals surface area contributed by atoms with Crippen molar-refractivity contribution in [3.63, 3.8) is 0 Å². The van der Waals surface area contributed by atoms with Gasteiger partial charge in [-0.25, -0.2) is 0 Å². The normalized spacial score (nSPS) is 10.9. The van der Waals surface area contributed by atoms with E-state index < -0.39 is 0 Å². The van der Waals surface area contributed by atoms with Crippen LogP contribution in [0.5, 0.6) is 0 Å². The van der Waals surface area contributed by atoms with Gasteiger partial charge in [0.1, 0.15) is 10.0 Å². The van der Waals surface area contributed by atoms with Crippen molar-refractivity contribution >= 4 is 40.4 Å². The molecular formula is C12H15ClN4OS2. The van der Waals surface area contributed by atoms with Gasteiger partial charge >= 0.3 is 0 Å². The van der Waals surface area contributed by atoms with Crippen molar-refractivity contribution in [2.24, 2.45) is 0 Å². The molecule has 0 radical (unpaired) electrons. The second-order valence-corrected chi connectivity index (χ2v) is 6.54. The lowest BCUT2D eigenvalue weighted by Gasteiger charge is -2.18. The van der Waals surface area contributed by atoms with E-state index >= 15 is 0 Å². The lowest BCUT2D eigenvalue weighted by atomic mass is 10.4. The zero-order valence-corrected chi connectivity index (χ0v) is 13.4. The van der Waals surface area contributed by atoms with E-state index in [0.29, 0.717) is 24.0 Å². The summed E-state index contributed by atoms with van der Waals surface area (Å²) in [5.41, 5.74) is 0.726. The van der Waals surface area contributed by atoms with E-state index in [2.05, 4.69) is 14.9 Å². The van der Waals surface area contributed by atoms with Gasteiger partial charge in [-0.3, -0.25) is 9.69 Å². The fraction of sp³-hybridized carbons (Fsp3) is 0.417. The molecule has 20 heavy (non-hydrogen) atoms. The van der Waals surface area contributed by atoms with Gasteiger partial charge in [0.05, 0.1) is 13.1 Å². The maximum atomic E-state index is 11.9. The predicted octanol–water partition coefficient (Wildman–Crippen LogP) is 2.39. The van der Waals surface area contributed by atoms with Gasteiger partial charge < -0.3 is 5.32 Å². The SMILES string of the molecule is CCN(CC(=O)NCc1cccs1)Cc1nnsc1Cl. The summed E-state index contributed by atoms with van der Waals surface area (Å²) >= 11 is 8.77. The Hall–Kier alpha value is -1.02. The van der Waals surface area contributed by atoms with E-state index in [1.807, 2.05) is 29.3 Å². The molecule has 2 rings (SSSR count). The van der Waals surface area contributed by atoms with Gasteiger partial charge in [0.15, 0.2) is 0 Å². The predicted molar refractivity (Wildman–Crippen MR) is 82.0 cm³/mol. The number of hydrogen-bond acceptors (Lipinski definition) is 6. The van der Waals surface area contributed by atoms with Gasteiger partial charge in [0.2, 0.25) is 5.91 Å². The van der Waals surface area contributed by atoms with Gasteiger partial charge in [0.25, 0.3) is 0 Å². The fourth-order valence-electron chi connectivity index (χ4n) is 1.64. The zero-order valence-electron chi connectivity index (χ0n) is 11.0. The molecule has 0 aliphatic heterocycles. The van der Waals surface area contributed by atoms with Crippen molar-refractivity contribution in [2.75, 3.05) is 13.1 Å². The molecule has 1 N–H and O–H groups in total. The fourth-order valence-corrected chi connectivity index (χ4v) is 2.90. The number of thiophene rings is 1. The summed E-state index contributed by atoms with van der Waals surface area (Å²) in [6.07, 6.45) is 0. The first-order chi connectivity index (χ1) is 9.69. The molecule has 0 bridgehead atoms. The second kappa shape index (κ2) is 7.68. The highest BCUT2D eigenvalue weighted by Crippen LogP contribution is 2.18. The third-order valence-electron chi connectivity index (χ3n) is 2.74. The topological polar surface area (TPSA) is 58.1 Å². The van der Waals surface area contributed by atoms with Crippen LogP contribution in [-0.4, -0.2) is 33.5 Å². The minimum absolute atomic E-state index is 0.000406. The number of amides is 1. The van der Waals surface area contributed by atoms with Gasteiger partial charge in [-0.05, 0) is 18.0 Å². The van der Waals surface area contributed by atoms with Crippen LogP contribution in [0.4, 0.5) is 0 Å². The third kappa shape index (κ3) is 4.52. The molecular weight excluding hydrogens is 316 g/mol. The molecule has 0 unspecified atom stereocenters. The standard InChI is InChI=1S/C12H15ClN4OS2/c1-2-17(7-10-12(13)20-16-15-10)8-11(18)14-6-9-4-3-5-19-9/h3-5H,2,6-8H2,1H3,(H,14,18). The van der Waals surface area contributed by atoms with E-state index in [9.17, 15) is 4.79 Å². The molecule has 1 amide bonds. The number of aromatic nitrogens is 2. The molecule has 0 aliphatic rings. The van der Waals surface area contributed by atoms with Crippen LogP contribution in [0.1, 0.15) is 17.5 Å². The van der Waals surface area contributed by atoms with Crippen molar-refractivity contribution in [3.8, 4) is 0 Å². The molecule has 0 spiro atoms. The Bertz CT molecular complexity index is 543. The highest BCUT2D eigenvalue weighted by atomic mass is 35.5. The highest BCUT2D eigenvalue weighted by molar-refractivity contribution is 7.10. The third-order valence-corrected chi connectivity index (χ3v) is 4.60. The first-order valence-corrected chi connectivity index (χ1v) is 8.20. The Kier molecular flexibility index (Phi) is 5.90. The monoisotopic (exact) mass is 330 g/mol. The van der Waals surface area contributed by atoms with Crippen LogP contribution in [0.3, 0.4) is 0 Å². The van der Waals surface area contributed by atoms with E-state index in [1.54, 1.807) is 11.3 Å². The molecule has 2 aromatic heterocycles. The summed E-state index contributed by atoms with van der Waals surface area (Å²) in [6, 6.07) is 3.98. The highest BCUT2D eigenvalue weighted by Gasteiger charge is 2.13. The zero-order chi connectivity index (χ0) is 14.4. The van der Waals surface area contributed by atoms with Crippen LogP contribution in [-0.2, 0) is 17.9 Å². The molecule has 0 aromatic carbocycles. The quantitative estimate of drug-likeness (QED) is 0.847. The molecule has 0 aliphatic carbocycles. The Morgan fingerprint density at radius 3 is 3.00 bits per heavy atom. The number of nitrogens with one attached hydrogen (secondary N) is 1. The maximum Gasteiger partial charge on any atom is 0.234 e. The van der Waals surface area contributed by atoms with Crippen LogP contribution in [0, 0.1) is 0 Å². The minimum atomic E-state index is -0.000406. The van der Waals surface area contributed by atoms with Gasteiger partial charge in [-0.15, -0.1) is 16.4 Å². The molecule has 2 heterocycles. The molecule has 0 fully saturated rings. The average molecular weight is 331 g/mol. The van der Waals surface area contributed by atoms with Gasteiger partial charge in [0, 0.05) is 23.0 Å². The maximum absolute atomic E-state index is 11.9. The second-order valence-electron chi connectivity index (χ2n) is 4.15. The number of carbonyl (C=O) groups is 1. The number of rotatable bonds is 7. The van der Waals surface area contributed by atoms with Crippen LogP contribution < -0.4 is 5.32 Å².